The van der Waals surface area contributed by atoms with Crippen molar-refractivity contribution in [1.82, 2.24) is 10.2 Å². The van der Waals surface area contributed by atoms with Crippen LogP contribution in [0.5, 0.6) is 0 Å². The van der Waals surface area contributed by atoms with Gasteiger partial charge in [0.2, 0.25) is 0 Å². The normalized spacial score (nSPS) is 21.1. The molecule has 156 valence electrons. The molecule has 0 bridgehead atoms. The van der Waals surface area contributed by atoms with E-state index in [9.17, 15) is 0 Å². The van der Waals surface area contributed by atoms with Gasteiger partial charge in [0, 0.05) is 45.3 Å². The number of ether oxygens (including phenoxy) is 2. The van der Waals surface area contributed by atoms with E-state index in [1.165, 1.54) is 24.8 Å². The Morgan fingerprint density at radius 1 is 1.21 bits per heavy atom. The third-order valence-electron chi connectivity index (χ3n) is 5.89. The van der Waals surface area contributed by atoms with Crippen molar-refractivity contribution < 1.29 is 9.47 Å². The summed E-state index contributed by atoms with van der Waals surface area (Å²) in [6, 6.07) is 10.4. The summed E-state index contributed by atoms with van der Waals surface area (Å²) in [5.74, 6) is 1.66. The molecule has 1 aliphatic carbocycles. The highest BCUT2D eigenvalue weighted by atomic mass is 16.5. The first-order chi connectivity index (χ1) is 13.7. The van der Waals surface area contributed by atoms with Crippen LogP contribution in [0.1, 0.15) is 45.1 Å². The van der Waals surface area contributed by atoms with E-state index in [0.29, 0.717) is 17.9 Å². The highest BCUT2D eigenvalue weighted by Gasteiger charge is 2.42. The smallest absolute Gasteiger partial charge is 0.193 e. The van der Waals surface area contributed by atoms with Crippen LogP contribution in [-0.4, -0.2) is 56.9 Å². The zero-order valence-corrected chi connectivity index (χ0v) is 17.7. The average Bonchev–Trinajstić information content (AvgIpc) is 3.33. The fraction of sp³-hybridized carbons (Fsp3) is 0.696. The van der Waals surface area contributed by atoms with Gasteiger partial charge in [-0.3, -0.25) is 4.99 Å². The predicted octanol–water partition coefficient (Wildman–Crippen LogP) is 3.70. The first-order valence-corrected chi connectivity index (χ1v) is 11.0. The van der Waals surface area contributed by atoms with Crippen LogP contribution in [0.3, 0.4) is 0 Å². The van der Waals surface area contributed by atoms with Gasteiger partial charge in [-0.15, -0.1) is 0 Å². The molecule has 0 aromatic heterocycles. The third-order valence-corrected chi connectivity index (χ3v) is 5.89. The van der Waals surface area contributed by atoms with Gasteiger partial charge in [-0.2, -0.15) is 0 Å². The number of rotatable bonds is 11. The summed E-state index contributed by atoms with van der Waals surface area (Å²) < 4.78 is 11.5. The number of guanidine groups is 1. The van der Waals surface area contributed by atoms with E-state index in [1.54, 1.807) is 0 Å². The average molecular weight is 388 g/mol. The topological polar surface area (TPSA) is 46.1 Å². The Bertz CT molecular complexity index is 601. The molecular formula is C23H37N3O2. The Labute approximate surface area is 170 Å². The molecule has 1 N–H and O–H groups in total. The SMILES string of the molecule is CCNC(=NCC1(CCOCC)CC1)N1CCC(COCc2ccccc2)C1. The Morgan fingerprint density at radius 2 is 2.04 bits per heavy atom. The number of aliphatic imine (C=N–C) groups is 1. The number of likely N-dealkylation sites (tertiary alicyclic amines) is 1. The minimum atomic E-state index is 0.397. The quantitative estimate of drug-likeness (QED) is 0.357. The van der Waals surface area contributed by atoms with Crippen molar-refractivity contribution >= 4 is 5.96 Å². The van der Waals surface area contributed by atoms with Gasteiger partial charge in [0.1, 0.15) is 0 Å². The summed E-state index contributed by atoms with van der Waals surface area (Å²) in [6.07, 6.45) is 4.90. The van der Waals surface area contributed by atoms with E-state index in [-0.39, 0.29) is 0 Å². The molecular weight excluding hydrogens is 350 g/mol. The number of nitrogens with one attached hydrogen (secondary N) is 1. The van der Waals surface area contributed by atoms with Gasteiger partial charge in [0.15, 0.2) is 5.96 Å². The monoisotopic (exact) mass is 387 g/mol. The second kappa shape index (κ2) is 10.8. The minimum Gasteiger partial charge on any atom is -0.382 e. The summed E-state index contributed by atoms with van der Waals surface area (Å²) in [5, 5.41) is 3.50. The van der Waals surface area contributed by atoms with E-state index in [0.717, 1.165) is 58.4 Å². The van der Waals surface area contributed by atoms with Crippen LogP contribution in [0.25, 0.3) is 0 Å². The maximum Gasteiger partial charge on any atom is 0.193 e. The number of hydrogen-bond acceptors (Lipinski definition) is 3. The molecule has 0 radical (unpaired) electrons. The first-order valence-electron chi connectivity index (χ1n) is 11.0. The molecule has 1 atom stereocenters. The predicted molar refractivity (Wildman–Crippen MR) is 115 cm³/mol. The second-order valence-corrected chi connectivity index (χ2v) is 8.22. The number of nitrogens with zero attached hydrogens (tertiary/aromatic N) is 2. The number of hydrogen-bond donors (Lipinski definition) is 1. The number of benzene rings is 1. The second-order valence-electron chi connectivity index (χ2n) is 8.22. The summed E-state index contributed by atoms with van der Waals surface area (Å²) >= 11 is 0. The zero-order valence-electron chi connectivity index (χ0n) is 17.7. The lowest BCUT2D eigenvalue weighted by Gasteiger charge is -2.23. The van der Waals surface area contributed by atoms with Gasteiger partial charge < -0.3 is 19.7 Å². The Morgan fingerprint density at radius 3 is 2.75 bits per heavy atom. The molecule has 5 heteroatoms. The lowest BCUT2D eigenvalue weighted by atomic mass is 10.0. The minimum absolute atomic E-state index is 0.397. The summed E-state index contributed by atoms with van der Waals surface area (Å²) in [5.41, 5.74) is 1.64. The largest absolute Gasteiger partial charge is 0.382 e. The molecule has 1 saturated carbocycles. The van der Waals surface area contributed by atoms with Gasteiger partial charge >= 0.3 is 0 Å². The van der Waals surface area contributed by atoms with Gasteiger partial charge in [-0.25, -0.2) is 0 Å². The molecule has 28 heavy (non-hydrogen) atoms. The van der Waals surface area contributed by atoms with Crippen molar-refractivity contribution in [3.8, 4) is 0 Å². The lowest BCUT2D eigenvalue weighted by molar-refractivity contribution is 0.0906. The summed E-state index contributed by atoms with van der Waals surface area (Å²) in [4.78, 5) is 7.42. The highest BCUT2D eigenvalue weighted by Crippen LogP contribution is 2.49. The van der Waals surface area contributed by atoms with Crippen LogP contribution in [-0.2, 0) is 16.1 Å². The van der Waals surface area contributed by atoms with Crippen molar-refractivity contribution in [3.63, 3.8) is 0 Å². The van der Waals surface area contributed by atoms with Crippen LogP contribution >= 0.6 is 0 Å². The van der Waals surface area contributed by atoms with Crippen molar-refractivity contribution in [2.24, 2.45) is 16.3 Å². The maximum atomic E-state index is 5.97. The molecule has 3 rings (SSSR count). The molecule has 0 amide bonds. The molecule has 1 aliphatic heterocycles. The van der Waals surface area contributed by atoms with Gasteiger partial charge in [0.25, 0.3) is 0 Å². The third kappa shape index (κ3) is 6.49. The molecule has 2 fully saturated rings. The molecule has 1 aromatic carbocycles. The van der Waals surface area contributed by atoms with Gasteiger partial charge in [-0.05, 0) is 50.5 Å². The zero-order chi connectivity index (χ0) is 19.7. The van der Waals surface area contributed by atoms with E-state index < -0.39 is 0 Å². The Hall–Kier alpha value is -1.59. The van der Waals surface area contributed by atoms with Crippen LogP contribution in [0, 0.1) is 11.3 Å². The van der Waals surface area contributed by atoms with Crippen molar-refractivity contribution in [3.05, 3.63) is 35.9 Å². The molecule has 1 unspecified atom stereocenters. The standard InChI is InChI=1S/C23H37N3O2/c1-3-24-22(25-19-23(11-12-23)13-15-27-4-2)26-14-10-21(16-26)18-28-17-20-8-6-5-7-9-20/h5-9,21H,3-4,10-19H2,1-2H3,(H,24,25). The van der Waals surface area contributed by atoms with Crippen molar-refractivity contribution in [2.75, 3.05) is 46.0 Å². The lowest BCUT2D eigenvalue weighted by Crippen LogP contribution is -2.40. The Balaban J connectivity index is 1.44. The molecule has 1 saturated heterocycles. The molecule has 2 aliphatic rings. The fourth-order valence-corrected chi connectivity index (χ4v) is 3.84. The van der Waals surface area contributed by atoms with Crippen LogP contribution in [0.15, 0.2) is 35.3 Å². The van der Waals surface area contributed by atoms with E-state index in [4.69, 9.17) is 14.5 Å². The van der Waals surface area contributed by atoms with Crippen molar-refractivity contribution in [2.45, 2.75) is 46.1 Å². The van der Waals surface area contributed by atoms with E-state index in [1.807, 2.05) is 6.07 Å². The van der Waals surface area contributed by atoms with Gasteiger partial charge in [0.05, 0.1) is 13.2 Å². The van der Waals surface area contributed by atoms with Crippen LogP contribution < -0.4 is 5.32 Å². The summed E-state index contributed by atoms with van der Waals surface area (Å²) in [6.45, 7) is 11.4. The Kier molecular flexibility index (Phi) is 8.16. The first kappa shape index (κ1) is 21.1. The van der Waals surface area contributed by atoms with E-state index >= 15 is 0 Å². The fourth-order valence-electron chi connectivity index (χ4n) is 3.84. The molecule has 1 heterocycles. The van der Waals surface area contributed by atoms with Crippen molar-refractivity contribution in [1.29, 1.82) is 0 Å². The highest BCUT2D eigenvalue weighted by molar-refractivity contribution is 5.80. The van der Waals surface area contributed by atoms with Gasteiger partial charge in [-0.1, -0.05) is 30.3 Å². The molecule has 5 nitrogen and oxygen atoms in total. The van der Waals surface area contributed by atoms with E-state index in [2.05, 4.69) is 48.3 Å². The molecule has 1 aromatic rings. The van der Waals surface area contributed by atoms with Crippen LogP contribution in [0.4, 0.5) is 0 Å². The maximum absolute atomic E-state index is 5.97. The molecule has 0 spiro atoms. The summed E-state index contributed by atoms with van der Waals surface area (Å²) in [7, 11) is 0. The van der Waals surface area contributed by atoms with Crippen LogP contribution in [0.2, 0.25) is 0 Å².